The number of hydrogen-bond donors (Lipinski definition) is 1. The zero-order chi connectivity index (χ0) is 21.3. The van der Waals surface area contributed by atoms with E-state index in [2.05, 4.69) is 42.3 Å². The average molecular weight is 413 g/mol. The Bertz CT molecular complexity index is 773. The fourth-order valence-electron chi connectivity index (χ4n) is 4.02. The number of methoxy groups -OCH3 is 2. The summed E-state index contributed by atoms with van der Waals surface area (Å²) in [6, 6.07) is 14.7. The fourth-order valence-corrected chi connectivity index (χ4v) is 4.02. The van der Waals surface area contributed by atoms with Gasteiger partial charge in [-0.05, 0) is 30.4 Å². The van der Waals surface area contributed by atoms with Gasteiger partial charge in [-0.25, -0.2) is 0 Å². The van der Waals surface area contributed by atoms with Crippen molar-refractivity contribution in [2.24, 2.45) is 5.92 Å². The van der Waals surface area contributed by atoms with E-state index in [4.69, 9.17) is 14.2 Å². The van der Waals surface area contributed by atoms with Gasteiger partial charge in [0.1, 0.15) is 12.4 Å². The van der Waals surface area contributed by atoms with Gasteiger partial charge in [0.05, 0.1) is 14.2 Å². The molecule has 0 amide bonds. The summed E-state index contributed by atoms with van der Waals surface area (Å²) in [5.41, 5.74) is 2.34. The molecular weight excluding hydrogens is 376 g/mol. The van der Waals surface area contributed by atoms with Crippen molar-refractivity contribution in [2.45, 2.75) is 39.3 Å². The minimum absolute atomic E-state index is 0.292. The van der Waals surface area contributed by atoms with E-state index in [1.807, 2.05) is 24.3 Å². The molecule has 1 aliphatic rings. The summed E-state index contributed by atoms with van der Waals surface area (Å²) in [5, 5.41) is 3.47. The van der Waals surface area contributed by atoms with Gasteiger partial charge in [-0.1, -0.05) is 44.2 Å². The monoisotopic (exact) mass is 412 g/mol. The molecule has 2 aromatic carbocycles. The molecule has 0 unspecified atom stereocenters. The van der Waals surface area contributed by atoms with Gasteiger partial charge in [0, 0.05) is 43.9 Å². The van der Waals surface area contributed by atoms with Crippen LogP contribution in [-0.2, 0) is 6.61 Å². The summed E-state index contributed by atoms with van der Waals surface area (Å²) in [7, 11) is 3.37. The van der Waals surface area contributed by atoms with Gasteiger partial charge in [-0.15, -0.1) is 0 Å². The minimum atomic E-state index is 0.292. The Morgan fingerprint density at radius 2 is 1.57 bits per heavy atom. The highest BCUT2D eigenvalue weighted by molar-refractivity contribution is 5.52. The molecule has 0 saturated carbocycles. The predicted molar refractivity (Wildman–Crippen MR) is 122 cm³/mol. The van der Waals surface area contributed by atoms with E-state index < -0.39 is 0 Å². The van der Waals surface area contributed by atoms with Crippen LogP contribution in [0.3, 0.4) is 0 Å². The highest BCUT2D eigenvalue weighted by Gasteiger charge is 2.27. The third-order valence-corrected chi connectivity index (χ3v) is 5.72. The van der Waals surface area contributed by atoms with Crippen LogP contribution < -0.4 is 19.5 Å². The first-order valence-corrected chi connectivity index (χ1v) is 11.0. The van der Waals surface area contributed by atoms with Crippen molar-refractivity contribution >= 4 is 0 Å². The molecule has 1 heterocycles. The Kier molecular flexibility index (Phi) is 8.40. The molecule has 3 rings (SSSR count). The van der Waals surface area contributed by atoms with Gasteiger partial charge in [0.15, 0.2) is 11.5 Å². The van der Waals surface area contributed by atoms with Crippen molar-refractivity contribution in [1.82, 2.24) is 10.2 Å². The van der Waals surface area contributed by atoms with Gasteiger partial charge >= 0.3 is 0 Å². The lowest BCUT2D eigenvalue weighted by molar-refractivity contribution is 0.155. The predicted octanol–water partition coefficient (Wildman–Crippen LogP) is 4.67. The number of rotatable bonds is 10. The summed E-state index contributed by atoms with van der Waals surface area (Å²) in [6.45, 7) is 9.22. The van der Waals surface area contributed by atoms with E-state index >= 15 is 0 Å². The third-order valence-electron chi connectivity index (χ3n) is 5.72. The van der Waals surface area contributed by atoms with E-state index in [9.17, 15) is 0 Å². The molecule has 1 fully saturated rings. The molecule has 5 nitrogen and oxygen atoms in total. The second-order valence-electron chi connectivity index (χ2n) is 8.29. The summed E-state index contributed by atoms with van der Waals surface area (Å²) in [5.74, 6) is 2.99. The Labute approximate surface area is 181 Å². The third kappa shape index (κ3) is 5.89. The molecule has 164 valence electrons. The molecular formula is C25H36N2O3. The summed E-state index contributed by atoms with van der Waals surface area (Å²) < 4.78 is 17.6. The van der Waals surface area contributed by atoms with Crippen LogP contribution in [0.2, 0.25) is 0 Å². The molecule has 1 atom stereocenters. The standard InChI is InChI=1S/C25H36N2O3/c1-19(2)10-11-22(27-14-12-26-13-15-27)21-16-24(28-3)25(29-4)17-23(21)30-18-20-8-6-5-7-9-20/h5-9,16-17,19,22,26H,10-15,18H2,1-4H3/t22-/m0/s1. The first-order chi connectivity index (χ1) is 14.6. The van der Waals surface area contributed by atoms with Crippen molar-refractivity contribution in [3.8, 4) is 17.2 Å². The molecule has 0 aromatic heterocycles. The van der Waals surface area contributed by atoms with Crippen molar-refractivity contribution in [2.75, 3.05) is 40.4 Å². The molecule has 0 spiro atoms. The maximum Gasteiger partial charge on any atom is 0.164 e. The van der Waals surface area contributed by atoms with Crippen molar-refractivity contribution in [3.05, 3.63) is 53.6 Å². The largest absolute Gasteiger partial charge is 0.493 e. The maximum absolute atomic E-state index is 6.37. The molecule has 5 heteroatoms. The van der Waals surface area contributed by atoms with E-state index in [0.29, 0.717) is 24.3 Å². The SMILES string of the molecule is COc1cc(OCc2ccccc2)c([C@H](CCC(C)C)N2CCNCC2)cc1OC. The van der Waals surface area contributed by atoms with E-state index in [1.165, 1.54) is 12.0 Å². The van der Waals surface area contributed by atoms with Crippen molar-refractivity contribution in [3.63, 3.8) is 0 Å². The Morgan fingerprint density at radius 1 is 0.900 bits per heavy atom. The lowest BCUT2D eigenvalue weighted by atomic mass is 9.94. The fraction of sp³-hybridized carbons (Fsp3) is 0.520. The lowest BCUT2D eigenvalue weighted by Crippen LogP contribution is -2.45. The number of ether oxygens (including phenoxy) is 3. The number of nitrogens with zero attached hydrogens (tertiary/aromatic N) is 1. The average Bonchev–Trinajstić information content (AvgIpc) is 2.79. The molecule has 0 bridgehead atoms. The molecule has 1 aliphatic heterocycles. The molecule has 0 aliphatic carbocycles. The van der Waals surface area contributed by atoms with Crippen molar-refractivity contribution < 1.29 is 14.2 Å². The van der Waals surface area contributed by atoms with Crippen LogP contribution >= 0.6 is 0 Å². The Balaban J connectivity index is 1.95. The highest BCUT2D eigenvalue weighted by atomic mass is 16.5. The normalized spacial score (nSPS) is 15.8. The van der Waals surface area contributed by atoms with Crippen LogP contribution in [0.15, 0.2) is 42.5 Å². The van der Waals surface area contributed by atoms with Crippen LogP contribution in [0.5, 0.6) is 17.2 Å². The van der Waals surface area contributed by atoms with Crippen LogP contribution in [0.25, 0.3) is 0 Å². The van der Waals surface area contributed by atoms with Crippen LogP contribution in [-0.4, -0.2) is 45.3 Å². The first-order valence-electron chi connectivity index (χ1n) is 11.0. The van der Waals surface area contributed by atoms with E-state index in [1.54, 1.807) is 14.2 Å². The maximum atomic E-state index is 6.37. The molecule has 30 heavy (non-hydrogen) atoms. The number of hydrogen-bond acceptors (Lipinski definition) is 5. The first kappa shape index (κ1) is 22.4. The summed E-state index contributed by atoms with van der Waals surface area (Å²) in [6.07, 6.45) is 2.26. The quantitative estimate of drug-likeness (QED) is 0.614. The lowest BCUT2D eigenvalue weighted by Gasteiger charge is -2.36. The summed E-state index contributed by atoms with van der Waals surface area (Å²) >= 11 is 0. The number of nitrogens with one attached hydrogen (secondary N) is 1. The van der Waals surface area contributed by atoms with Gasteiger partial charge in [-0.3, -0.25) is 4.90 Å². The van der Waals surface area contributed by atoms with Gasteiger partial charge in [-0.2, -0.15) is 0 Å². The van der Waals surface area contributed by atoms with E-state index in [0.717, 1.165) is 49.7 Å². The number of benzene rings is 2. The highest BCUT2D eigenvalue weighted by Crippen LogP contribution is 2.41. The summed E-state index contributed by atoms with van der Waals surface area (Å²) in [4.78, 5) is 2.58. The molecule has 1 saturated heterocycles. The van der Waals surface area contributed by atoms with Gasteiger partial charge < -0.3 is 19.5 Å². The molecule has 0 radical (unpaired) electrons. The molecule has 2 aromatic rings. The van der Waals surface area contributed by atoms with Crippen LogP contribution in [0.4, 0.5) is 0 Å². The van der Waals surface area contributed by atoms with Gasteiger partial charge in [0.25, 0.3) is 0 Å². The second-order valence-corrected chi connectivity index (χ2v) is 8.29. The smallest absolute Gasteiger partial charge is 0.164 e. The van der Waals surface area contributed by atoms with Crippen molar-refractivity contribution in [1.29, 1.82) is 0 Å². The van der Waals surface area contributed by atoms with E-state index in [-0.39, 0.29) is 0 Å². The van der Waals surface area contributed by atoms with Gasteiger partial charge in [0.2, 0.25) is 0 Å². The van der Waals surface area contributed by atoms with Crippen LogP contribution in [0.1, 0.15) is 43.9 Å². The number of piperazine rings is 1. The second kappa shape index (κ2) is 11.2. The molecule has 1 N–H and O–H groups in total. The minimum Gasteiger partial charge on any atom is -0.493 e. The Morgan fingerprint density at radius 3 is 2.20 bits per heavy atom. The Hall–Kier alpha value is -2.24. The zero-order valence-electron chi connectivity index (χ0n) is 18.8. The van der Waals surface area contributed by atoms with Crippen LogP contribution in [0, 0.1) is 5.92 Å². The zero-order valence-corrected chi connectivity index (χ0v) is 18.8. The topological polar surface area (TPSA) is 43.0 Å².